The molecule has 0 aliphatic carbocycles. The van der Waals surface area contributed by atoms with Gasteiger partial charge in [-0.15, -0.1) is 11.3 Å². The van der Waals surface area contributed by atoms with Crippen LogP contribution in [0, 0.1) is 0 Å². The minimum absolute atomic E-state index is 0.0217. The first-order valence-corrected chi connectivity index (χ1v) is 7.90. The van der Waals surface area contributed by atoms with Crippen LogP contribution in [0.3, 0.4) is 0 Å². The Kier molecular flexibility index (Phi) is 6.16. The minimum Gasteiger partial charge on any atom is -0.481 e. The lowest BCUT2D eigenvalue weighted by atomic mass is 10.1. The lowest BCUT2D eigenvalue weighted by molar-refractivity contribution is -0.138. The SMILES string of the molecule is O=C(O)CC(NC(=O)COC1CCNCC1)c1cccs1. The summed E-state index contributed by atoms with van der Waals surface area (Å²) in [6.07, 6.45) is 1.78. The van der Waals surface area contributed by atoms with E-state index in [0.717, 1.165) is 30.8 Å². The summed E-state index contributed by atoms with van der Waals surface area (Å²) in [5.74, 6) is -1.21. The maximum atomic E-state index is 11.9. The zero-order valence-electron chi connectivity index (χ0n) is 11.7. The van der Waals surface area contributed by atoms with Gasteiger partial charge in [0, 0.05) is 4.88 Å². The molecule has 1 aliphatic heterocycles. The van der Waals surface area contributed by atoms with Crippen molar-refractivity contribution in [3.8, 4) is 0 Å². The summed E-state index contributed by atoms with van der Waals surface area (Å²) < 4.78 is 5.57. The standard InChI is InChI=1S/C14H20N2O4S/c17-13(9-20-10-3-5-15-6-4-10)16-11(8-14(18)19)12-2-1-7-21-12/h1-2,7,10-11,15H,3-6,8-9H2,(H,16,17)(H,18,19). The summed E-state index contributed by atoms with van der Waals surface area (Å²) in [7, 11) is 0. The number of hydrogen-bond acceptors (Lipinski definition) is 5. The van der Waals surface area contributed by atoms with Gasteiger partial charge < -0.3 is 20.5 Å². The second kappa shape index (κ2) is 8.11. The highest BCUT2D eigenvalue weighted by molar-refractivity contribution is 7.10. The van der Waals surface area contributed by atoms with Gasteiger partial charge in [0.1, 0.15) is 6.61 Å². The molecule has 0 radical (unpaired) electrons. The Labute approximate surface area is 127 Å². The summed E-state index contributed by atoms with van der Waals surface area (Å²) in [5.41, 5.74) is 0. The van der Waals surface area contributed by atoms with Gasteiger partial charge in [0.2, 0.25) is 5.91 Å². The van der Waals surface area contributed by atoms with Crippen LogP contribution < -0.4 is 10.6 Å². The third-order valence-corrected chi connectivity index (χ3v) is 4.32. The number of piperidine rings is 1. The van der Waals surface area contributed by atoms with Crippen molar-refractivity contribution in [2.24, 2.45) is 0 Å². The van der Waals surface area contributed by atoms with Crippen molar-refractivity contribution in [1.29, 1.82) is 0 Å². The average molecular weight is 312 g/mol. The first kappa shape index (κ1) is 15.9. The highest BCUT2D eigenvalue weighted by atomic mass is 32.1. The molecule has 2 rings (SSSR count). The molecule has 0 aromatic carbocycles. The predicted octanol–water partition coefficient (Wildman–Crippen LogP) is 1.15. The molecule has 0 saturated carbocycles. The Morgan fingerprint density at radius 1 is 1.48 bits per heavy atom. The molecular formula is C14H20N2O4S. The molecule has 21 heavy (non-hydrogen) atoms. The van der Waals surface area contributed by atoms with Crippen molar-refractivity contribution in [3.63, 3.8) is 0 Å². The van der Waals surface area contributed by atoms with Crippen LogP contribution in [0.5, 0.6) is 0 Å². The summed E-state index contributed by atoms with van der Waals surface area (Å²) in [5, 5.41) is 16.8. The third kappa shape index (κ3) is 5.45. The molecular weight excluding hydrogens is 292 g/mol. The van der Waals surface area contributed by atoms with Crippen molar-refractivity contribution in [2.75, 3.05) is 19.7 Å². The van der Waals surface area contributed by atoms with Crippen LogP contribution in [-0.2, 0) is 14.3 Å². The van der Waals surface area contributed by atoms with E-state index in [4.69, 9.17) is 9.84 Å². The number of hydrogen-bond donors (Lipinski definition) is 3. The van der Waals surface area contributed by atoms with Crippen molar-refractivity contribution in [2.45, 2.75) is 31.4 Å². The Balaban J connectivity index is 1.81. The van der Waals surface area contributed by atoms with Crippen molar-refractivity contribution in [1.82, 2.24) is 10.6 Å². The van der Waals surface area contributed by atoms with E-state index in [1.165, 1.54) is 11.3 Å². The minimum atomic E-state index is -0.937. The first-order valence-electron chi connectivity index (χ1n) is 7.02. The van der Waals surface area contributed by atoms with Crippen molar-refractivity contribution >= 4 is 23.2 Å². The van der Waals surface area contributed by atoms with E-state index >= 15 is 0 Å². The fourth-order valence-corrected chi connectivity index (χ4v) is 3.06. The molecule has 1 unspecified atom stereocenters. The maximum absolute atomic E-state index is 11.9. The first-order chi connectivity index (χ1) is 10.1. The van der Waals surface area contributed by atoms with Gasteiger partial charge in [-0.25, -0.2) is 0 Å². The van der Waals surface area contributed by atoms with Gasteiger partial charge in [-0.05, 0) is 37.4 Å². The Morgan fingerprint density at radius 2 is 2.24 bits per heavy atom. The van der Waals surface area contributed by atoms with Gasteiger partial charge >= 0.3 is 5.97 Å². The molecule has 2 heterocycles. The van der Waals surface area contributed by atoms with Crippen molar-refractivity contribution < 1.29 is 19.4 Å². The topological polar surface area (TPSA) is 87.7 Å². The lowest BCUT2D eigenvalue weighted by Gasteiger charge is -2.23. The second-order valence-electron chi connectivity index (χ2n) is 4.99. The normalized spacial score (nSPS) is 17.3. The average Bonchev–Trinajstić information content (AvgIpc) is 2.99. The Morgan fingerprint density at radius 3 is 2.86 bits per heavy atom. The van der Waals surface area contributed by atoms with Gasteiger partial charge in [-0.3, -0.25) is 9.59 Å². The van der Waals surface area contributed by atoms with E-state index in [1.54, 1.807) is 0 Å². The molecule has 1 aromatic rings. The fourth-order valence-electron chi connectivity index (χ4n) is 2.28. The molecule has 1 aliphatic rings. The Bertz CT molecular complexity index is 458. The Hall–Kier alpha value is -1.44. The predicted molar refractivity (Wildman–Crippen MR) is 79.3 cm³/mol. The number of amides is 1. The van der Waals surface area contributed by atoms with Crippen LogP contribution in [0.1, 0.15) is 30.2 Å². The number of thiophene rings is 1. The van der Waals surface area contributed by atoms with E-state index in [-0.39, 0.29) is 25.0 Å². The number of carbonyl (C=O) groups is 2. The third-order valence-electron chi connectivity index (χ3n) is 3.34. The molecule has 0 bridgehead atoms. The monoisotopic (exact) mass is 312 g/mol. The van der Waals surface area contributed by atoms with Gasteiger partial charge in [-0.2, -0.15) is 0 Å². The molecule has 0 spiro atoms. The van der Waals surface area contributed by atoms with Gasteiger partial charge in [0.05, 0.1) is 18.6 Å². The number of carboxylic acid groups (broad SMARTS) is 1. The molecule has 1 atom stereocenters. The summed E-state index contributed by atoms with van der Waals surface area (Å²) in [6.45, 7) is 1.79. The highest BCUT2D eigenvalue weighted by Crippen LogP contribution is 2.22. The summed E-state index contributed by atoms with van der Waals surface area (Å²) in [4.78, 5) is 23.7. The number of nitrogens with one attached hydrogen (secondary N) is 2. The van der Waals surface area contributed by atoms with E-state index in [2.05, 4.69) is 10.6 Å². The highest BCUT2D eigenvalue weighted by Gasteiger charge is 2.20. The molecule has 1 saturated heterocycles. The van der Waals surface area contributed by atoms with Crippen LogP contribution in [0.25, 0.3) is 0 Å². The number of aliphatic carboxylic acids is 1. The molecule has 3 N–H and O–H groups in total. The number of rotatable bonds is 7. The number of carbonyl (C=O) groups excluding carboxylic acids is 1. The summed E-state index contributed by atoms with van der Waals surface area (Å²) in [6, 6.07) is 3.17. The van der Waals surface area contributed by atoms with Gasteiger partial charge in [-0.1, -0.05) is 6.07 Å². The van der Waals surface area contributed by atoms with Crippen LogP contribution in [0.15, 0.2) is 17.5 Å². The van der Waals surface area contributed by atoms with E-state index in [9.17, 15) is 9.59 Å². The fraction of sp³-hybridized carbons (Fsp3) is 0.571. The van der Waals surface area contributed by atoms with Crippen LogP contribution in [0.2, 0.25) is 0 Å². The molecule has 6 nitrogen and oxygen atoms in total. The molecule has 7 heteroatoms. The van der Waals surface area contributed by atoms with Crippen LogP contribution >= 0.6 is 11.3 Å². The molecule has 116 valence electrons. The van der Waals surface area contributed by atoms with E-state index in [1.807, 2.05) is 17.5 Å². The molecule has 1 amide bonds. The van der Waals surface area contributed by atoms with Gasteiger partial charge in [0.25, 0.3) is 0 Å². The van der Waals surface area contributed by atoms with Crippen LogP contribution in [0.4, 0.5) is 0 Å². The summed E-state index contributed by atoms with van der Waals surface area (Å²) >= 11 is 1.43. The van der Waals surface area contributed by atoms with E-state index < -0.39 is 12.0 Å². The largest absolute Gasteiger partial charge is 0.481 e. The molecule has 1 aromatic heterocycles. The second-order valence-corrected chi connectivity index (χ2v) is 5.97. The zero-order valence-corrected chi connectivity index (χ0v) is 12.5. The van der Waals surface area contributed by atoms with Crippen LogP contribution in [-0.4, -0.2) is 42.8 Å². The van der Waals surface area contributed by atoms with Crippen molar-refractivity contribution in [3.05, 3.63) is 22.4 Å². The van der Waals surface area contributed by atoms with E-state index in [0.29, 0.717) is 0 Å². The zero-order chi connectivity index (χ0) is 15.1. The smallest absolute Gasteiger partial charge is 0.305 e. The lowest BCUT2D eigenvalue weighted by Crippen LogP contribution is -2.37. The number of carboxylic acids is 1. The molecule has 1 fully saturated rings. The quantitative estimate of drug-likeness (QED) is 0.703. The number of ether oxygens (including phenoxy) is 1. The maximum Gasteiger partial charge on any atom is 0.305 e. The van der Waals surface area contributed by atoms with Gasteiger partial charge in [0.15, 0.2) is 0 Å².